The molecule has 0 aliphatic carbocycles. The SMILES string of the molecule is NC(=O)[C@H](CCc1ccccc1)NC(=O)[C@H]1CCOC1. The predicted molar refractivity (Wildman–Crippen MR) is 74.8 cm³/mol. The zero-order valence-electron chi connectivity index (χ0n) is 11.4. The third-order valence-corrected chi connectivity index (χ3v) is 3.52. The van der Waals surface area contributed by atoms with Gasteiger partial charge in [0.05, 0.1) is 12.5 Å². The van der Waals surface area contributed by atoms with Crippen LogP contribution in [0.3, 0.4) is 0 Å². The van der Waals surface area contributed by atoms with E-state index < -0.39 is 11.9 Å². The van der Waals surface area contributed by atoms with Gasteiger partial charge < -0.3 is 15.8 Å². The Morgan fingerprint density at radius 3 is 2.70 bits per heavy atom. The lowest BCUT2D eigenvalue weighted by Crippen LogP contribution is -2.47. The molecule has 2 rings (SSSR count). The fraction of sp³-hybridized carbons (Fsp3) is 0.467. The van der Waals surface area contributed by atoms with E-state index in [1.807, 2.05) is 30.3 Å². The summed E-state index contributed by atoms with van der Waals surface area (Å²) in [5, 5.41) is 2.74. The topological polar surface area (TPSA) is 81.4 Å². The maximum absolute atomic E-state index is 12.0. The van der Waals surface area contributed by atoms with E-state index in [0.29, 0.717) is 32.5 Å². The standard InChI is InChI=1S/C15H20N2O3/c16-14(18)13(7-6-11-4-2-1-3-5-11)17-15(19)12-8-9-20-10-12/h1-5,12-13H,6-10H2,(H2,16,18)(H,17,19)/t12-,13-/m0/s1. The van der Waals surface area contributed by atoms with E-state index in [-0.39, 0.29) is 11.8 Å². The molecular weight excluding hydrogens is 256 g/mol. The van der Waals surface area contributed by atoms with Crippen molar-refractivity contribution in [3.05, 3.63) is 35.9 Å². The minimum atomic E-state index is -0.622. The van der Waals surface area contributed by atoms with Crippen molar-refractivity contribution in [2.24, 2.45) is 11.7 Å². The molecule has 5 nitrogen and oxygen atoms in total. The maximum atomic E-state index is 12.0. The second kappa shape index (κ2) is 7.05. The van der Waals surface area contributed by atoms with Crippen molar-refractivity contribution in [3.63, 3.8) is 0 Å². The summed E-state index contributed by atoms with van der Waals surface area (Å²) < 4.78 is 5.17. The predicted octanol–water partition coefficient (Wildman–Crippen LogP) is 0.626. The molecule has 3 N–H and O–H groups in total. The molecule has 0 aromatic heterocycles. The second-order valence-electron chi connectivity index (χ2n) is 5.05. The molecule has 0 unspecified atom stereocenters. The molecule has 2 amide bonds. The molecule has 108 valence electrons. The Labute approximate surface area is 118 Å². The van der Waals surface area contributed by atoms with Crippen molar-refractivity contribution < 1.29 is 14.3 Å². The van der Waals surface area contributed by atoms with Gasteiger partial charge in [0.25, 0.3) is 0 Å². The Bertz CT molecular complexity index is 455. The fourth-order valence-electron chi connectivity index (χ4n) is 2.27. The molecule has 0 saturated carbocycles. The van der Waals surface area contributed by atoms with E-state index in [2.05, 4.69) is 5.32 Å². The van der Waals surface area contributed by atoms with Gasteiger partial charge in [-0.2, -0.15) is 0 Å². The smallest absolute Gasteiger partial charge is 0.240 e. The quantitative estimate of drug-likeness (QED) is 0.799. The van der Waals surface area contributed by atoms with E-state index in [0.717, 1.165) is 5.56 Å². The number of primary amides is 1. The highest BCUT2D eigenvalue weighted by Crippen LogP contribution is 2.13. The number of carbonyl (C=O) groups excluding carboxylic acids is 2. The van der Waals surface area contributed by atoms with Gasteiger partial charge in [-0.1, -0.05) is 30.3 Å². The van der Waals surface area contributed by atoms with E-state index in [1.165, 1.54) is 0 Å². The number of ether oxygens (including phenoxy) is 1. The largest absolute Gasteiger partial charge is 0.381 e. The van der Waals surface area contributed by atoms with Gasteiger partial charge >= 0.3 is 0 Å². The van der Waals surface area contributed by atoms with Crippen LogP contribution >= 0.6 is 0 Å². The number of nitrogens with two attached hydrogens (primary N) is 1. The lowest BCUT2D eigenvalue weighted by molar-refractivity contribution is -0.130. The summed E-state index contributed by atoms with van der Waals surface area (Å²) in [5.41, 5.74) is 6.49. The molecule has 1 saturated heterocycles. The molecule has 2 atom stereocenters. The molecule has 5 heteroatoms. The van der Waals surface area contributed by atoms with E-state index in [1.54, 1.807) is 0 Å². The van der Waals surface area contributed by atoms with Crippen molar-refractivity contribution >= 4 is 11.8 Å². The summed E-state index contributed by atoms with van der Waals surface area (Å²) in [6, 6.07) is 9.20. The number of rotatable bonds is 6. The summed E-state index contributed by atoms with van der Waals surface area (Å²) in [6.07, 6.45) is 1.92. The number of aryl methyl sites for hydroxylation is 1. The Morgan fingerprint density at radius 1 is 1.35 bits per heavy atom. The van der Waals surface area contributed by atoms with Gasteiger partial charge in [-0.25, -0.2) is 0 Å². The van der Waals surface area contributed by atoms with Crippen LogP contribution in [0, 0.1) is 5.92 Å². The number of carbonyl (C=O) groups is 2. The van der Waals surface area contributed by atoms with E-state index >= 15 is 0 Å². The third-order valence-electron chi connectivity index (χ3n) is 3.52. The van der Waals surface area contributed by atoms with Crippen molar-refractivity contribution in [3.8, 4) is 0 Å². The Kier molecular flexibility index (Phi) is 5.12. The molecule has 0 bridgehead atoms. The molecule has 1 aromatic carbocycles. The lowest BCUT2D eigenvalue weighted by atomic mass is 10.0. The maximum Gasteiger partial charge on any atom is 0.240 e. The molecule has 1 heterocycles. The first-order chi connectivity index (χ1) is 9.66. The van der Waals surface area contributed by atoms with Crippen molar-refractivity contribution in [2.75, 3.05) is 13.2 Å². The van der Waals surface area contributed by atoms with Gasteiger partial charge in [0.2, 0.25) is 11.8 Å². The number of nitrogens with one attached hydrogen (secondary N) is 1. The highest BCUT2D eigenvalue weighted by molar-refractivity contribution is 5.87. The van der Waals surface area contributed by atoms with Crippen LogP contribution in [0.5, 0.6) is 0 Å². The Morgan fingerprint density at radius 2 is 2.10 bits per heavy atom. The number of hydrogen-bond donors (Lipinski definition) is 2. The minimum Gasteiger partial charge on any atom is -0.381 e. The van der Waals surface area contributed by atoms with Crippen LogP contribution in [0.15, 0.2) is 30.3 Å². The summed E-state index contributed by atoms with van der Waals surface area (Å²) in [7, 11) is 0. The van der Waals surface area contributed by atoms with E-state index in [9.17, 15) is 9.59 Å². The first-order valence-corrected chi connectivity index (χ1v) is 6.88. The van der Waals surface area contributed by atoms with Gasteiger partial charge in [-0.05, 0) is 24.8 Å². The minimum absolute atomic E-state index is 0.139. The summed E-state index contributed by atoms with van der Waals surface area (Å²) >= 11 is 0. The van der Waals surface area contributed by atoms with Gasteiger partial charge in [-0.3, -0.25) is 9.59 Å². The zero-order valence-corrected chi connectivity index (χ0v) is 11.4. The highest BCUT2D eigenvalue weighted by Gasteiger charge is 2.27. The Hall–Kier alpha value is -1.88. The average Bonchev–Trinajstić information content (AvgIpc) is 2.98. The number of hydrogen-bond acceptors (Lipinski definition) is 3. The summed E-state index contributed by atoms with van der Waals surface area (Å²) in [4.78, 5) is 23.4. The second-order valence-corrected chi connectivity index (χ2v) is 5.05. The van der Waals surface area contributed by atoms with Crippen LogP contribution in [-0.2, 0) is 20.7 Å². The fourth-order valence-corrected chi connectivity index (χ4v) is 2.27. The molecule has 1 fully saturated rings. The average molecular weight is 276 g/mol. The Balaban J connectivity index is 1.87. The zero-order chi connectivity index (χ0) is 14.4. The van der Waals surface area contributed by atoms with Crippen molar-refractivity contribution in [1.29, 1.82) is 0 Å². The van der Waals surface area contributed by atoms with Crippen molar-refractivity contribution in [2.45, 2.75) is 25.3 Å². The van der Waals surface area contributed by atoms with Crippen LogP contribution in [0.25, 0.3) is 0 Å². The lowest BCUT2D eigenvalue weighted by Gasteiger charge is -2.17. The normalized spacial score (nSPS) is 19.5. The van der Waals surface area contributed by atoms with Crippen LogP contribution in [-0.4, -0.2) is 31.1 Å². The third kappa shape index (κ3) is 4.06. The summed E-state index contributed by atoms with van der Waals surface area (Å²) in [5.74, 6) is -0.791. The van der Waals surface area contributed by atoms with Gasteiger partial charge in [0, 0.05) is 6.61 Å². The van der Waals surface area contributed by atoms with Gasteiger partial charge in [0.15, 0.2) is 0 Å². The summed E-state index contributed by atoms with van der Waals surface area (Å²) in [6.45, 7) is 1.03. The first-order valence-electron chi connectivity index (χ1n) is 6.88. The highest BCUT2D eigenvalue weighted by atomic mass is 16.5. The van der Waals surface area contributed by atoms with Crippen LogP contribution in [0.1, 0.15) is 18.4 Å². The molecule has 0 spiro atoms. The van der Waals surface area contributed by atoms with Crippen LogP contribution in [0.2, 0.25) is 0 Å². The monoisotopic (exact) mass is 276 g/mol. The molecule has 1 aromatic rings. The van der Waals surface area contributed by atoms with Gasteiger partial charge in [0.1, 0.15) is 6.04 Å². The molecule has 0 radical (unpaired) electrons. The van der Waals surface area contributed by atoms with E-state index in [4.69, 9.17) is 10.5 Å². The first kappa shape index (κ1) is 14.5. The number of benzene rings is 1. The molecular formula is C15H20N2O3. The molecule has 1 aliphatic heterocycles. The van der Waals surface area contributed by atoms with Crippen molar-refractivity contribution in [1.82, 2.24) is 5.32 Å². The molecule has 20 heavy (non-hydrogen) atoms. The van der Waals surface area contributed by atoms with Gasteiger partial charge in [-0.15, -0.1) is 0 Å². The molecule has 1 aliphatic rings. The number of amides is 2. The van der Waals surface area contributed by atoms with Crippen LogP contribution in [0.4, 0.5) is 0 Å². The van der Waals surface area contributed by atoms with Crippen LogP contribution < -0.4 is 11.1 Å².